The summed E-state index contributed by atoms with van der Waals surface area (Å²) in [6.45, 7) is 0.705. The van der Waals surface area contributed by atoms with Crippen molar-refractivity contribution in [1.82, 2.24) is 5.32 Å². The number of nitrogens with one attached hydrogen (secondary N) is 2. The van der Waals surface area contributed by atoms with Crippen LogP contribution in [0.1, 0.15) is 39.9 Å². The van der Waals surface area contributed by atoms with Crippen LogP contribution in [-0.2, 0) is 0 Å². The van der Waals surface area contributed by atoms with Crippen molar-refractivity contribution in [3.63, 3.8) is 0 Å². The largest absolute Gasteiger partial charge is 0.377 e. The fourth-order valence-corrected chi connectivity index (χ4v) is 3.69. The maximum Gasteiger partial charge on any atom is 0.251 e. The molecule has 2 aromatic carbocycles. The molecule has 0 aliphatic carbocycles. The molecular weight excluding hydrogens is 284 g/mol. The Morgan fingerprint density at radius 2 is 2.00 bits per heavy atom. The van der Waals surface area contributed by atoms with Gasteiger partial charge in [-0.05, 0) is 41.8 Å². The predicted molar refractivity (Wildman–Crippen MR) is 83.9 cm³/mol. The molecule has 2 aliphatic heterocycles. The first-order valence-electron chi connectivity index (χ1n) is 7.17. The highest BCUT2D eigenvalue weighted by atomic mass is 35.5. The normalized spacial score (nSPS) is 23.0. The molecular formula is C17H15ClN2O. The molecule has 106 valence electrons. The Bertz CT molecular complexity index is 728. The average molecular weight is 299 g/mol. The second-order valence-electron chi connectivity index (χ2n) is 5.59. The van der Waals surface area contributed by atoms with Gasteiger partial charge in [-0.2, -0.15) is 0 Å². The van der Waals surface area contributed by atoms with E-state index in [1.807, 2.05) is 30.3 Å². The summed E-state index contributed by atoms with van der Waals surface area (Å²) >= 11 is 6.13. The van der Waals surface area contributed by atoms with Crippen LogP contribution < -0.4 is 10.6 Å². The van der Waals surface area contributed by atoms with Gasteiger partial charge >= 0.3 is 0 Å². The van der Waals surface area contributed by atoms with E-state index in [0.29, 0.717) is 12.5 Å². The van der Waals surface area contributed by atoms with Crippen LogP contribution in [0.25, 0.3) is 0 Å². The fraction of sp³-hybridized carbons (Fsp3) is 0.235. The van der Waals surface area contributed by atoms with Crippen LogP contribution in [0.5, 0.6) is 0 Å². The Morgan fingerprint density at radius 1 is 1.14 bits per heavy atom. The third-order valence-electron chi connectivity index (χ3n) is 4.38. The summed E-state index contributed by atoms with van der Waals surface area (Å²) in [6.07, 6.45) is 0.930. The van der Waals surface area contributed by atoms with Crippen molar-refractivity contribution in [2.45, 2.75) is 18.4 Å². The molecule has 2 N–H and O–H groups in total. The molecule has 4 rings (SSSR count). The number of carbonyl (C=O) groups is 1. The topological polar surface area (TPSA) is 41.1 Å². The van der Waals surface area contributed by atoms with Gasteiger partial charge in [0.2, 0.25) is 0 Å². The van der Waals surface area contributed by atoms with E-state index < -0.39 is 0 Å². The van der Waals surface area contributed by atoms with Gasteiger partial charge in [-0.15, -0.1) is 0 Å². The average Bonchev–Trinajstić information content (AvgIpc) is 2.77. The minimum absolute atomic E-state index is 0.0305. The van der Waals surface area contributed by atoms with E-state index in [2.05, 4.69) is 22.8 Å². The SMILES string of the molecule is O=C1NCCC2c3c(cccc31)NC2c1cccc(Cl)c1. The number of rotatable bonds is 1. The van der Waals surface area contributed by atoms with Crippen molar-refractivity contribution < 1.29 is 4.79 Å². The van der Waals surface area contributed by atoms with E-state index in [1.54, 1.807) is 0 Å². The molecule has 4 heteroatoms. The van der Waals surface area contributed by atoms with Crippen LogP contribution >= 0.6 is 11.6 Å². The Balaban J connectivity index is 1.83. The summed E-state index contributed by atoms with van der Waals surface area (Å²) in [5.74, 6) is 0.330. The van der Waals surface area contributed by atoms with Crippen molar-refractivity contribution in [3.05, 3.63) is 64.2 Å². The van der Waals surface area contributed by atoms with Crippen molar-refractivity contribution in [2.75, 3.05) is 11.9 Å². The molecule has 0 saturated carbocycles. The molecule has 2 unspecified atom stereocenters. The van der Waals surface area contributed by atoms with E-state index in [9.17, 15) is 4.79 Å². The van der Waals surface area contributed by atoms with Gasteiger partial charge in [0.25, 0.3) is 5.91 Å². The molecule has 1 amide bonds. The summed E-state index contributed by atoms with van der Waals surface area (Å²) in [5.41, 5.74) is 4.19. The third-order valence-corrected chi connectivity index (χ3v) is 4.62. The molecule has 0 spiro atoms. The van der Waals surface area contributed by atoms with Gasteiger partial charge in [-0.1, -0.05) is 29.8 Å². The van der Waals surface area contributed by atoms with Crippen LogP contribution in [0.15, 0.2) is 42.5 Å². The second-order valence-corrected chi connectivity index (χ2v) is 6.03. The molecule has 0 fully saturated rings. The molecule has 2 aromatic rings. The highest BCUT2D eigenvalue weighted by Gasteiger charge is 2.37. The number of halogens is 1. The lowest BCUT2D eigenvalue weighted by Crippen LogP contribution is -2.23. The van der Waals surface area contributed by atoms with Crippen LogP contribution in [0, 0.1) is 0 Å². The number of anilines is 1. The maximum atomic E-state index is 12.2. The van der Waals surface area contributed by atoms with Gasteiger partial charge in [-0.25, -0.2) is 0 Å². The van der Waals surface area contributed by atoms with Gasteiger partial charge in [0.05, 0.1) is 6.04 Å². The first-order chi connectivity index (χ1) is 10.2. The second kappa shape index (κ2) is 4.78. The zero-order valence-electron chi connectivity index (χ0n) is 11.4. The van der Waals surface area contributed by atoms with Crippen molar-refractivity contribution in [2.24, 2.45) is 0 Å². The predicted octanol–water partition coefficient (Wildman–Crippen LogP) is 3.72. The molecule has 0 saturated heterocycles. The smallest absolute Gasteiger partial charge is 0.251 e. The first kappa shape index (κ1) is 12.7. The molecule has 2 heterocycles. The van der Waals surface area contributed by atoms with E-state index in [4.69, 9.17) is 11.6 Å². The molecule has 2 atom stereocenters. The lowest BCUT2D eigenvalue weighted by molar-refractivity contribution is 0.0956. The van der Waals surface area contributed by atoms with Crippen LogP contribution in [0.4, 0.5) is 5.69 Å². The standard InChI is InChI=1S/C17H15ClN2O/c18-11-4-1-3-10(9-11)16-12-7-8-19-17(21)13-5-2-6-14(20-16)15(12)13/h1-6,9,12,16,20H,7-8H2,(H,19,21). The van der Waals surface area contributed by atoms with Gasteiger partial charge in [0, 0.05) is 28.7 Å². The van der Waals surface area contributed by atoms with Crippen LogP contribution in [0.2, 0.25) is 5.02 Å². The van der Waals surface area contributed by atoms with Crippen molar-refractivity contribution in [1.29, 1.82) is 0 Å². The van der Waals surface area contributed by atoms with Gasteiger partial charge < -0.3 is 10.6 Å². The van der Waals surface area contributed by atoms with Crippen molar-refractivity contribution in [3.8, 4) is 0 Å². The molecule has 0 radical (unpaired) electrons. The van der Waals surface area contributed by atoms with E-state index in [-0.39, 0.29) is 11.9 Å². The number of hydrogen-bond acceptors (Lipinski definition) is 2. The van der Waals surface area contributed by atoms with E-state index >= 15 is 0 Å². The highest BCUT2D eigenvalue weighted by molar-refractivity contribution is 6.30. The summed E-state index contributed by atoms with van der Waals surface area (Å²) in [4.78, 5) is 12.2. The Morgan fingerprint density at radius 3 is 2.86 bits per heavy atom. The lowest BCUT2D eigenvalue weighted by atomic mass is 9.86. The summed E-state index contributed by atoms with van der Waals surface area (Å²) < 4.78 is 0. The monoisotopic (exact) mass is 298 g/mol. The lowest BCUT2D eigenvalue weighted by Gasteiger charge is -2.20. The molecule has 0 aromatic heterocycles. The van der Waals surface area contributed by atoms with Gasteiger partial charge in [0.1, 0.15) is 0 Å². The Hall–Kier alpha value is -2.00. The summed E-state index contributed by atoms with van der Waals surface area (Å²) in [7, 11) is 0. The number of hydrogen-bond donors (Lipinski definition) is 2. The molecule has 2 aliphatic rings. The van der Waals surface area contributed by atoms with E-state index in [1.165, 1.54) is 5.56 Å². The zero-order valence-corrected chi connectivity index (χ0v) is 12.2. The quantitative estimate of drug-likeness (QED) is 0.842. The third kappa shape index (κ3) is 2.00. The van der Waals surface area contributed by atoms with Crippen LogP contribution in [0.3, 0.4) is 0 Å². The number of carbonyl (C=O) groups excluding carboxylic acids is 1. The van der Waals surface area contributed by atoms with E-state index in [0.717, 1.165) is 28.3 Å². The first-order valence-corrected chi connectivity index (χ1v) is 7.55. The minimum Gasteiger partial charge on any atom is -0.377 e. The molecule has 21 heavy (non-hydrogen) atoms. The number of amides is 1. The Kier molecular flexibility index (Phi) is 2.89. The van der Waals surface area contributed by atoms with Gasteiger partial charge in [0.15, 0.2) is 0 Å². The van der Waals surface area contributed by atoms with Crippen LogP contribution in [-0.4, -0.2) is 12.5 Å². The zero-order chi connectivity index (χ0) is 14.4. The highest BCUT2D eigenvalue weighted by Crippen LogP contribution is 2.48. The van der Waals surface area contributed by atoms with Crippen molar-refractivity contribution >= 4 is 23.2 Å². The fourth-order valence-electron chi connectivity index (χ4n) is 3.49. The van der Waals surface area contributed by atoms with Gasteiger partial charge in [-0.3, -0.25) is 4.79 Å². The Labute approximate surface area is 128 Å². The summed E-state index contributed by atoms with van der Waals surface area (Å²) in [5, 5.41) is 7.30. The molecule has 3 nitrogen and oxygen atoms in total. The maximum absolute atomic E-state index is 12.2. The minimum atomic E-state index is 0.0305. The summed E-state index contributed by atoms with van der Waals surface area (Å²) in [6, 6.07) is 14.0. The number of benzene rings is 2. The molecule has 0 bridgehead atoms.